The van der Waals surface area contributed by atoms with E-state index in [1.54, 1.807) is 12.1 Å². The van der Waals surface area contributed by atoms with Crippen molar-refractivity contribution in [3.8, 4) is 0 Å². The van der Waals surface area contributed by atoms with E-state index >= 15 is 0 Å². The Bertz CT molecular complexity index is 526. The van der Waals surface area contributed by atoms with Crippen molar-refractivity contribution < 1.29 is 19.5 Å². The minimum atomic E-state index is -0.990. The number of hydrogen-bond donors (Lipinski definition) is 3. The quantitative estimate of drug-likeness (QED) is 0.715. The number of amides is 3. The van der Waals surface area contributed by atoms with Gasteiger partial charge in [-0.3, -0.25) is 10.1 Å². The third-order valence-electron chi connectivity index (χ3n) is 2.64. The predicted octanol–water partition coefficient (Wildman–Crippen LogP) is 1.47. The summed E-state index contributed by atoms with van der Waals surface area (Å²) in [6, 6.07) is 5.96. The summed E-state index contributed by atoms with van der Waals surface area (Å²) < 4.78 is 0. The number of carbonyl (C=O) groups excluding carboxylic acids is 2. The number of carboxylic acid groups (broad SMARTS) is 1. The Hall–Kier alpha value is -2.02. The Morgan fingerprint density at radius 3 is 2.40 bits per heavy atom. The molecule has 20 heavy (non-hydrogen) atoms. The van der Waals surface area contributed by atoms with E-state index in [0.717, 1.165) is 17.7 Å². The summed E-state index contributed by atoms with van der Waals surface area (Å²) in [5.41, 5.74) is 0.197. The zero-order valence-corrected chi connectivity index (χ0v) is 11.4. The summed E-state index contributed by atoms with van der Waals surface area (Å²) >= 11 is 1.24. The lowest BCUT2D eigenvalue weighted by Gasteiger charge is -2.05. The molecule has 1 aliphatic carbocycles. The molecule has 0 aliphatic heterocycles. The lowest BCUT2D eigenvalue weighted by atomic mass is 10.2. The van der Waals surface area contributed by atoms with Crippen LogP contribution in [0.1, 0.15) is 23.2 Å². The topological polar surface area (TPSA) is 95.5 Å². The van der Waals surface area contributed by atoms with Crippen LogP contribution in [-0.4, -0.2) is 34.8 Å². The zero-order chi connectivity index (χ0) is 14.5. The monoisotopic (exact) mass is 294 g/mol. The lowest BCUT2D eigenvalue weighted by molar-refractivity contribution is -0.117. The molecule has 0 spiro atoms. The second-order valence-electron chi connectivity index (χ2n) is 4.41. The summed E-state index contributed by atoms with van der Waals surface area (Å²) in [6.07, 6.45) is 1.93. The molecular weight excluding hydrogens is 280 g/mol. The van der Waals surface area contributed by atoms with E-state index in [0.29, 0.717) is 0 Å². The van der Waals surface area contributed by atoms with Crippen molar-refractivity contribution in [3.05, 3.63) is 29.8 Å². The Balaban J connectivity index is 1.74. The molecule has 0 unspecified atom stereocenters. The lowest BCUT2D eigenvalue weighted by Crippen LogP contribution is -2.41. The number of benzene rings is 1. The first-order chi connectivity index (χ1) is 9.54. The third kappa shape index (κ3) is 4.58. The fourth-order valence-corrected chi connectivity index (χ4v) is 2.15. The molecule has 1 aromatic rings. The number of nitrogens with one attached hydrogen (secondary N) is 2. The molecule has 1 aromatic carbocycles. The third-order valence-corrected chi connectivity index (χ3v) is 3.65. The highest BCUT2D eigenvalue weighted by Gasteiger charge is 2.23. The van der Waals surface area contributed by atoms with Crippen molar-refractivity contribution in [3.63, 3.8) is 0 Å². The molecule has 106 valence electrons. The maximum absolute atomic E-state index is 11.5. The molecular formula is C13H14N2O4S. The van der Waals surface area contributed by atoms with Crippen molar-refractivity contribution >= 4 is 29.7 Å². The molecule has 6 nitrogen and oxygen atoms in total. The van der Waals surface area contributed by atoms with E-state index in [-0.39, 0.29) is 23.3 Å². The number of thioether (sulfide) groups is 1. The molecule has 7 heteroatoms. The number of imide groups is 1. The molecule has 0 bridgehead atoms. The second-order valence-corrected chi connectivity index (χ2v) is 5.46. The largest absolute Gasteiger partial charge is 0.478 e. The Labute approximate surface area is 119 Å². The molecule has 0 radical (unpaired) electrons. The fourth-order valence-electron chi connectivity index (χ4n) is 1.45. The number of urea groups is 1. The van der Waals surface area contributed by atoms with Crippen LogP contribution in [0, 0.1) is 0 Å². The molecule has 1 saturated carbocycles. The van der Waals surface area contributed by atoms with E-state index in [9.17, 15) is 14.4 Å². The average Bonchev–Trinajstić information content (AvgIpc) is 3.20. The molecule has 0 aromatic heterocycles. The number of hydrogen-bond acceptors (Lipinski definition) is 4. The van der Waals surface area contributed by atoms with Crippen molar-refractivity contribution in [2.45, 2.75) is 23.8 Å². The van der Waals surface area contributed by atoms with Crippen molar-refractivity contribution in [1.82, 2.24) is 10.6 Å². The second kappa shape index (κ2) is 6.42. The first kappa shape index (κ1) is 14.4. The predicted molar refractivity (Wildman–Crippen MR) is 73.8 cm³/mol. The smallest absolute Gasteiger partial charge is 0.335 e. The minimum Gasteiger partial charge on any atom is -0.478 e. The van der Waals surface area contributed by atoms with Crippen LogP contribution >= 0.6 is 11.8 Å². The Morgan fingerprint density at radius 1 is 1.20 bits per heavy atom. The molecule has 0 heterocycles. The standard InChI is InChI=1S/C13H14N2O4S/c16-11(15-13(19)14-9-3-4-9)7-20-10-5-1-8(2-6-10)12(17)18/h1-2,5-6,9H,3-4,7H2,(H,17,18)(H2,14,15,16,19). The van der Waals surface area contributed by atoms with Crippen LogP contribution in [0.2, 0.25) is 0 Å². The van der Waals surface area contributed by atoms with Crippen LogP contribution in [0.25, 0.3) is 0 Å². The number of aromatic carboxylic acids is 1. The van der Waals surface area contributed by atoms with Gasteiger partial charge in [-0.1, -0.05) is 0 Å². The van der Waals surface area contributed by atoms with Crippen LogP contribution in [0.15, 0.2) is 29.2 Å². The number of carboxylic acids is 1. The highest BCUT2D eigenvalue weighted by Crippen LogP contribution is 2.19. The highest BCUT2D eigenvalue weighted by atomic mass is 32.2. The maximum Gasteiger partial charge on any atom is 0.335 e. The van der Waals surface area contributed by atoms with Crippen LogP contribution in [0.5, 0.6) is 0 Å². The van der Waals surface area contributed by atoms with Gasteiger partial charge in [-0.25, -0.2) is 9.59 Å². The molecule has 0 saturated heterocycles. The fraction of sp³-hybridized carbons (Fsp3) is 0.308. The normalized spacial score (nSPS) is 13.6. The molecule has 1 aliphatic rings. The molecule has 2 rings (SSSR count). The van der Waals surface area contributed by atoms with Crippen LogP contribution in [0.3, 0.4) is 0 Å². The van der Waals surface area contributed by atoms with Gasteiger partial charge >= 0.3 is 12.0 Å². The van der Waals surface area contributed by atoms with Gasteiger partial charge < -0.3 is 10.4 Å². The average molecular weight is 294 g/mol. The van der Waals surface area contributed by atoms with E-state index in [1.807, 2.05) is 0 Å². The van der Waals surface area contributed by atoms with E-state index in [1.165, 1.54) is 23.9 Å². The molecule has 3 N–H and O–H groups in total. The van der Waals surface area contributed by atoms with Gasteiger partial charge in [0.25, 0.3) is 0 Å². The van der Waals surface area contributed by atoms with Crippen LogP contribution in [0.4, 0.5) is 4.79 Å². The summed E-state index contributed by atoms with van der Waals surface area (Å²) in [7, 11) is 0. The number of rotatable bonds is 5. The highest BCUT2D eigenvalue weighted by molar-refractivity contribution is 8.00. The SMILES string of the molecule is O=C(CSc1ccc(C(=O)O)cc1)NC(=O)NC1CC1. The molecule has 0 atom stereocenters. The van der Waals surface area contributed by atoms with Crippen molar-refractivity contribution in [1.29, 1.82) is 0 Å². The van der Waals surface area contributed by atoms with E-state index in [2.05, 4.69) is 10.6 Å². The van der Waals surface area contributed by atoms with Gasteiger partial charge in [-0.05, 0) is 37.1 Å². The Morgan fingerprint density at radius 2 is 1.85 bits per heavy atom. The van der Waals surface area contributed by atoms with E-state index in [4.69, 9.17) is 5.11 Å². The zero-order valence-electron chi connectivity index (χ0n) is 10.6. The Kier molecular flexibility index (Phi) is 4.62. The van der Waals surface area contributed by atoms with E-state index < -0.39 is 12.0 Å². The summed E-state index contributed by atoms with van der Waals surface area (Å²) in [5, 5.41) is 13.7. The minimum absolute atomic E-state index is 0.102. The molecule has 1 fully saturated rings. The van der Waals surface area contributed by atoms with Gasteiger partial charge in [0.15, 0.2) is 0 Å². The van der Waals surface area contributed by atoms with Gasteiger partial charge in [0, 0.05) is 10.9 Å². The van der Waals surface area contributed by atoms with Gasteiger partial charge in [0.1, 0.15) is 0 Å². The summed E-state index contributed by atoms with van der Waals surface area (Å²) in [4.78, 5) is 34.3. The van der Waals surface area contributed by atoms with Crippen molar-refractivity contribution in [2.75, 3.05) is 5.75 Å². The number of carbonyl (C=O) groups is 3. The van der Waals surface area contributed by atoms with Crippen molar-refractivity contribution in [2.24, 2.45) is 0 Å². The molecule has 3 amide bonds. The van der Waals surface area contributed by atoms with Crippen LogP contribution < -0.4 is 10.6 Å². The first-order valence-electron chi connectivity index (χ1n) is 6.11. The van der Waals surface area contributed by atoms with Gasteiger partial charge in [-0.15, -0.1) is 11.8 Å². The maximum atomic E-state index is 11.5. The summed E-state index contributed by atoms with van der Waals surface area (Å²) in [6.45, 7) is 0. The van der Waals surface area contributed by atoms with Gasteiger partial charge in [-0.2, -0.15) is 0 Å². The van der Waals surface area contributed by atoms with Crippen LogP contribution in [-0.2, 0) is 4.79 Å². The van der Waals surface area contributed by atoms with Gasteiger partial charge in [0.05, 0.1) is 11.3 Å². The van der Waals surface area contributed by atoms with Gasteiger partial charge in [0.2, 0.25) is 5.91 Å². The first-order valence-corrected chi connectivity index (χ1v) is 7.09. The summed E-state index contributed by atoms with van der Waals surface area (Å²) in [5.74, 6) is -1.27.